The van der Waals surface area contributed by atoms with Gasteiger partial charge in [-0.1, -0.05) is 62.2 Å². The first kappa shape index (κ1) is 24.8. The Balaban J connectivity index is 0.000000232. The minimum absolute atomic E-state index is 0.193. The summed E-state index contributed by atoms with van der Waals surface area (Å²) in [6, 6.07) is 14.5. The SMILES string of the molecule is CCCCC(N)=O.CCc1c(C)c2ccccc2n1C.Cc1cccc(Cl)c1C. The van der Waals surface area contributed by atoms with Crippen molar-refractivity contribution in [3.63, 3.8) is 0 Å². The second-order valence-corrected chi connectivity index (χ2v) is 7.66. The molecule has 3 nitrogen and oxygen atoms in total. The van der Waals surface area contributed by atoms with Gasteiger partial charge in [0.1, 0.15) is 0 Å². The number of halogens is 1. The Morgan fingerprint density at radius 2 is 1.66 bits per heavy atom. The molecule has 0 aliphatic rings. The van der Waals surface area contributed by atoms with Crippen molar-refractivity contribution in [2.45, 2.75) is 60.3 Å². The molecule has 29 heavy (non-hydrogen) atoms. The monoisotopic (exact) mass is 414 g/mol. The van der Waals surface area contributed by atoms with Crippen molar-refractivity contribution in [1.82, 2.24) is 4.57 Å². The van der Waals surface area contributed by atoms with Gasteiger partial charge in [-0.25, -0.2) is 0 Å². The molecular weight excluding hydrogens is 380 g/mol. The molecule has 0 bridgehead atoms. The van der Waals surface area contributed by atoms with Crippen molar-refractivity contribution in [2.75, 3.05) is 0 Å². The predicted octanol–water partition coefficient (Wildman–Crippen LogP) is 6.67. The second kappa shape index (κ2) is 12.3. The van der Waals surface area contributed by atoms with Crippen LogP contribution in [0.5, 0.6) is 0 Å². The minimum Gasteiger partial charge on any atom is -0.370 e. The number of unbranched alkanes of at least 4 members (excludes halogenated alkanes) is 1. The van der Waals surface area contributed by atoms with Gasteiger partial charge in [-0.05, 0) is 62.4 Å². The standard InChI is InChI=1S/C12H15N.C8H9Cl.C5H11NO/c1-4-11-9(2)10-7-5-6-8-12(10)13(11)3;1-6-4-3-5-8(9)7(6)2;1-2-3-4-5(6)7/h5-8H,4H2,1-3H3;3-5H,1-2H3;2-4H2,1H3,(H2,6,7). The molecule has 1 heterocycles. The summed E-state index contributed by atoms with van der Waals surface area (Å²) >= 11 is 5.81. The number of carbonyl (C=O) groups is 1. The number of fused-ring (bicyclic) bond motifs is 1. The fourth-order valence-electron chi connectivity index (χ4n) is 3.20. The number of rotatable bonds is 4. The molecule has 3 aromatic rings. The number of hydrogen-bond acceptors (Lipinski definition) is 1. The Labute approximate surface area is 180 Å². The van der Waals surface area contributed by atoms with E-state index < -0.39 is 0 Å². The van der Waals surface area contributed by atoms with Gasteiger partial charge in [-0.2, -0.15) is 0 Å². The number of para-hydroxylation sites is 1. The summed E-state index contributed by atoms with van der Waals surface area (Å²) in [5.41, 5.74) is 11.5. The smallest absolute Gasteiger partial charge is 0.217 e. The third-order valence-electron chi connectivity index (χ3n) is 5.16. The maximum absolute atomic E-state index is 9.98. The normalized spacial score (nSPS) is 10.0. The number of aryl methyl sites for hydroxylation is 3. The Hall–Kier alpha value is -2.26. The summed E-state index contributed by atoms with van der Waals surface area (Å²) in [5.74, 6) is -0.193. The van der Waals surface area contributed by atoms with Crippen LogP contribution in [0.3, 0.4) is 0 Å². The van der Waals surface area contributed by atoms with Gasteiger partial charge in [0.15, 0.2) is 0 Å². The Morgan fingerprint density at radius 1 is 1.00 bits per heavy atom. The molecule has 0 radical (unpaired) electrons. The molecule has 3 rings (SSSR count). The number of benzene rings is 2. The quantitative estimate of drug-likeness (QED) is 0.509. The van der Waals surface area contributed by atoms with Crippen molar-refractivity contribution in [3.8, 4) is 0 Å². The van der Waals surface area contributed by atoms with E-state index in [-0.39, 0.29) is 5.91 Å². The van der Waals surface area contributed by atoms with E-state index in [4.69, 9.17) is 17.3 Å². The van der Waals surface area contributed by atoms with Gasteiger partial charge >= 0.3 is 0 Å². The van der Waals surface area contributed by atoms with E-state index in [0.29, 0.717) is 6.42 Å². The van der Waals surface area contributed by atoms with Gasteiger partial charge in [0.05, 0.1) is 0 Å². The molecule has 1 amide bonds. The molecule has 0 saturated carbocycles. The van der Waals surface area contributed by atoms with E-state index in [1.807, 2.05) is 26.0 Å². The lowest BCUT2D eigenvalue weighted by Crippen LogP contribution is -2.09. The number of primary amides is 1. The largest absolute Gasteiger partial charge is 0.370 e. The Kier molecular flexibility index (Phi) is 10.5. The first-order valence-electron chi connectivity index (χ1n) is 10.3. The van der Waals surface area contributed by atoms with Crippen LogP contribution < -0.4 is 5.73 Å². The number of hydrogen-bond donors (Lipinski definition) is 1. The molecule has 0 fully saturated rings. The van der Waals surface area contributed by atoms with E-state index in [2.05, 4.69) is 62.7 Å². The van der Waals surface area contributed by atoms with Crippen LogP contribution in [-0.2, 0) is 18.3 Å². The van der Waals surface area contributed by atoms with E-state index >= 15 is 0 Å². The molecule has 0 aliphatic carbocycles. The zero-order valence-electron chi connectivity index (χ0n) is 18.7. The van der Waals surface area contributed by atoms with E-state index in [1.165, 1.54) is 33.3 Å². The second-order valence-electron chi connectivity index (χ2n) is 7.25. The van der Waals surface area contributed by atoms with Crippen molar-refractivity contribution in [3.05, 3.63) is 69.9 Å². The Morgan fingerprint density at radius 3 is 2.10 bits per heavy atom. The van der Waals surface area contributed by atoms with Crippen LogP contribution in [0.15, 0.2) is 42.5 Å². The van der Waals surface area contributed by atoms with Crippen LogP contribution >= 0.6 is 11.6 Å². The first-order valence-corrected chi connectivity index (χ1v) is 10.6. The molecular formula is C25H35ClN2O. The summed E-state index contributed by atoms with van der Waals surface area (Å²) in [7, 11) is 2.15. The summed E-state index contributed by atoms with van der Waals surface area (Å²) < 4.78 is 2.30. The van der Waals surface area contributed by atoms with Gasteiger partial charge in [0, 0.05) is 35.1 Å². The predicted molar refractivity (Wildman–Crippen MR) is 127 cm³/mol. The molecule has 0 aliphatic heterocycles. The van der Waals surface area contributed by atoms with Crippen LogP contribution in [-0.4, -0.2) is 10.5 Å². The number of amides is 1. The van der Waals surface area contributed by atoms with Gasteiger partial charge in [-0.3, -0.25) is 4.79 Å². The molecule has 2 N–H and O–H groups in total. The van der Waals surface area contributed by atoms with E-state index in [9.17, 15) is 4.79 Å². The van der Waals surface area contributed by atoms with Crippen molar-refractivity contribution < 1.29 is 4.79 Å². The van der Waals surface area contributed by atoms with Crippen molar-refractivity contribution in [1.29, 1.82) is 0 Å². The third kappa shape index (κ3) is 7.25. The highest BCUT2D eigenvalue weighted by atomic mass is 35.5. The zero-order chi connectivity index (χ0) is 22.0. The van der Waals surface area contributed by atoms with Gasteiger partial charge in [0.25, 0.3) is 0 Å². The molecule has 4 heteroatoms. The lowest BCUT2D eigenvalue weighted by Gasteiger charge is -2.00. The van der Waals surface area contributed by atoms with Crippen LogP contribution in [0.25, 0.3) is 10.9 Å². The van der Waals surface area contributed by atoms with E-state index in [0.717, 1.165) is 24.3 Å². The molecule has 158 valence electrons. The Bertz CT molecular complexity index is 869. The third-order valence-corrected chi connectivity index (χ3v) is 5.57. The molecule has 2 aromatic carbocycles. The molecule has 1 aromatic heterocycles. The lowest BCUT2D eigenvalue weighted by molar-refractivity contribution is -0.118. The van der Waals surface area contributed by atoms with Gasteiger partial charge < -0.3 is 10.3 Å². The first-order chi connectivity index (χ1) is 13.7. The number of nitrogens with two attached hydrogens (primary N) is 1. The summed E-state index contributed by atoms with van der Waals surface area (Å²) in [6.07, 6.45) is 3.62. The lowest BCUT2D eigenvalue weighted by atomic mass is 10.1. The summed E-state index contributed by atoms with van der Waals surface area (Å²) in [5, 5.41) is 2.25. The van der Waals surface area contributed by atoms with Crippen LogP contribution in [0.1, 0.15) is 55.5 Å². The molecule has 0 atom stereocenters. The number of nitrogens with zero attached hydrogens (tertiary/aromatic N) is 1. The maximum Gasteiger partial charge on any atom is 0.217 e. The van der Waals surface area contributed by atoms with Crippen LogP contribution in [0.4, 0.5) is 0 Å². The highest BCUT2D eigenvalue weighted by Gasteiger charge is 2.08. The fourth-order valence-corrected chi connectivity index (χ4v) is 3.43. The maximum atomic E-state index is 9.98. The van der Waals surface area contributed by atoms with Crippen LogP contribution in [0, 0.1) is 20.8 Å². The van der Waals surface area contributed by atoms with Gasteiger partial charge in [-0.15, -0.1) is 0 Å². The van der Waals surface area contributed by atoms with E-state index in [1.54, 1.807) is 0 Å². The summed E-state index contributed by atoms with van der Waals surface area (Å²) in [6.45, 7) is 10.5. The topological polar surface area (TPSA) is 48.0 Å². The summed E-state index contributed by atoms with van der Waals surface area (Å²) in [4.78, 5) is 9.98. The fraction of sp³-hybridized carbons (Fsp3) is 0.400. The molecule has 0 saturated heterocycles. The molecule has 0 unspecified atom stereocenters. The number of aromatic nitrogens is 1. The van der Waals surface area contributed by atoms with Crippen molar-refractivity contribution >= 4 is 28.4 Å². The highest BCUT2D eigenvalue weighted by Crippen LogP contribution is 2.24. The average molecular weight is 415 g/mol. The molecule has 0 spiro atoms. The highest BCUT2D eigenvalue weighted by molar-refractivity contribution is 6.31. The minimum atomic E-state index is -0.193. The van der Waals surface area contributed by atoms with Crippen molar-refractivity contribution in [2.24, 2.45) is 12.8 Å². The number of carbonyl (C=O) groups excluding carboxylic acids is 1. The zero-order valence-corrected chi connectivity index (χ0v) is 19.4. The van der Waals surface area contributed by atoms with Crippen LogP contribution in [0.2, 0.25) is 5.02 Å². The average Bonchev–Trinajstić information content (AvgIpc) is 2.95. The van der Waals surface area contributed by atoms with Gasteiger partial charge in [0.2, 0.25) is 5.91 Å².